The average Bonchev–Trinajstić information content (AvgIpc) is 2.69. The summed E-state index contributed by atoms with van der Waals surface area (Å²) in [5.74, 6) is -4.19. The summed E-state index contributed by atoms with van der Waals surface area (Å²) in [6.45, 7) is 0. The van der Waals surface area contributed by atoms with Gasteiger partial charge in [-0.2, -0.15) is 8.42 Å². The topological polar surface area (TPSA) is 166 Å². The van der Waals surface area contributed by atoms with E-state index in [4.69, 9.17) is 14.8 Å². The van der Waals surface area contributed by atoms with Crippen LogP contribution in [0.25, 0.3) is 0 Å². The van der Waals surface area contributed by atoms with E-state index < -0.39 is 51.6 Å². The second-order valence-electron chi connectivity index (χ2n) is 5.18. The lowest BCUT2D eigenvalue weighted by atomic mass is 10.0. The Labute approximate surface area is 131 Å². The van der Waals surface area contributed by atoms with Gasteiger partial charge >= 0.3 is 11.9 Å². The van der Waals surface area contributed by atoms with Crippen molar-refractivity contribution in [1.82, 2.24) is 4.90 Å². The summed E-state index contributed by atoms with van der Waals surface area (Å²) in [6, 6.07) is -0.919. The van der Waals surface area contributed by atoms with Gasteiger partial charge < -0.3 is 10.2 Å². The van der Waals surface area contributed by atoms with Gasteiger partial charge in [-0.25, -0.2) is 0 Å². The Morgan fingerprint density at radius 2 is 1.70 bits per heavy atom. The zero-order chi connectivity index (χ0) is 17.8. The molecule has 0 saturated carbocycles. The zero-order valence-electron chi connectivity index (χ0n) is 12.0. The molecule has 2 unspecified atom stereocenters. The summed E-state index contributed by atoms with van der Waals surface area (Å²) in [7, 11) is -4.74. The van der Waals surface area contributed by atoms with E-state index in [-0.39, 0.29) is 32.1 Å². The predicted molar refractivity (Wildman–Crippen MR) is 74.0 cm³/mol. The second-order valence-corrected chi connectivity index (χ2v) is 6.78. The fourth-order valence-electron chi connectivity index (χ4n) is 2.42. The number of aliphatic carboxylic acids is 2. The van der Waals surface area contributed by atoms with Gasteiger partial charge in [0.2, 0.25) is 5.91 Å². The molecular weight excluding hydrogens is 334 g/mol. The van der Waals surface area contributed by atoms with Gasteiger partial charge in [-0.1, -0.05) is 0 Å². The molecule has 0 aromatic heterocycles. The highest BCUT2D eigenvalue weighted by atomic mass is 32.2. The van der Waals surface area contributed by atoms with Crippen molar-refractivity contribution in [2.24, 2.45) is 0 Å². The van der Waals surface area contributed by atoms with E-state index in [2.05, 4.69) is 0 Å². The van der Waals surface area contributed by atoms with E-state index in [0.29, 0.717) is 4.90 Å². The maximum absolute atomic E-state index is 12.0. The first-order valence-corrected chi connectivity index (χ1v) is 8.30. The van der Waals surface area contributed by atoms with Gasteiger partial charge in [0.25, 0.3) is 16.0 Å². The number of carboxylic acid groups (broad SMARTS) is 2. The van der Waals surface area contributed by atoms with Crippen LogP contribution < -0.4 is 0 Å². The SMILES string of the molecule is O=C(O)CCCC(CCC(=O)O)N1C(=O)CC(S(=O)(=O)O)C1=O. The van der Waals surface area contributed by atoms with Gasteiger partial charge in [-0.05, 0) is 19.3 Å². The van der Waals surface area contributed by atoms with Gasteiger partial charge in [-0.3, -0.25) is 28.6 Å². The third-order valence-electron chi connectivity index (χ3n) is 3.49. The van der Waals surface area contributed by atoms with E-state index in [1.165, 1.54) is 0 Å². The Bertz CT molecular complexity index is 612. The van der Waals surface area contributed by atoms with E-state index in [0.717, 1.165) is 0 Å². The third kappa shape index (κ3) is 5.28. The first-order valence-electron chi connectivity index (χ1n) is 6.79. The number of amides is 2. The summed E-state index contributed by atoms with van der Waals surface area (Å²) in [6.07, 6.45) is -1.31. The van der Waals surface area contributed by atoms with E-state index in [1.54, 1.807) is 0 Å². The van der Waals surface area contributed by atoms with E-state index >= 15 is 0 Å². The molecule has 130 valence electrons. The first-order chi connectivity index (χ1) is 10.5. The molecule has 10 nitrogen and oxygen atoms in total. The lowest BCUT2D eigenvalue weighted by molar-refractivity contribution is -0.144. The monoisotopic (exact) mass is 351 g/mol. The van der Waals surface area contributed by atoms with Crippen molar-refractivity contribution < 1.29 is 42.4 Å². The molecule has 1 aliphatic heterocycles. The molecule has 1 rings (SSSR count). The van der Waals surface area contributed by atoms with Crippen LogP contribution in [-0.4, -0.2) is 63.1 Å². The van der Waals surface area contributed by atoms with Crippen LogP contribution in [0.4, 0.5) is 0 Å². The number of carbonyl (C=O) groups excluding carboxylic acids is 2. The second kappa shape index (κ2) is 7.51. The Hall–Kier alpha value is -2.01. The lowest BCUT2D eigenvalue weighted by Crippen LogP contribution is -2.42. The van der Waals surface area contributed by atoms with Crippen LogP contribution >= 0.6 is 0 Å². The van der Waals surface area contributed by atoms with Crippen LogP contribution in [-0.2, 0) is 29.3 Å². The quantitative estimate of drug-likeness (QED) is 0.366. The molecule has 23 heavy (non-hydrogen) atoms. The van der Waals surface area contributed by atoms with Crippen LogP contribution in [0, 0.1) is 0 Å². The third-order valence-corrected chi connectivity index (χ3v) is 4.57. The standard InChI is InChI=1S/C12H17NO9S/c14-9-6-8(23(20,21)22)12(19)13(9)7(4-5-11(17)18)2-1-3-10(15)16/h7-8H,1-6H2,(H,15,16)(H,17,18)(H,20,21,22). The molecule has 0 aromatic carbocycles. The highest BCUT2D eigenvalue weighted by Gasteiger charge is 2.48. The normalized spacial score (nSPS) is 19.9. The molecule has 11 heteroatoms. The number of carboxylic acids is 2. The lowest BCUT2D eigenvalue weighted by Gasteiger charge is -2.26. The zero-order valence-corrected chi connectivity index (χ0v) is 12.9. The summed E-state index contributed by atoms with van der Waals surface area (Å²) in [5, 5.41) is 15.4. The van der Waals surface area contributed by atoms with Gasteiger partial charge in [0.05, 0.1) is 6.42 Å². The minimum Gasteiger partial charge on any atom is -0.481 e. The minimum absolute atomic E-state index is 0.0370. The molecule has 1 fully saturated rings. The molecule has 2 amide bonds. The van der Waals surface area contributed by atoms with Crippen molar-refractivity contribution in [1.29, 1.82) is 0 Å². The molecule has 1 saturated heterocycles. The molecular formula is C12H17NO9S. The van der Waals surface area contributed by atoms with Gasteiger partial charge in [-0.15, -0.1) is 0 Å². The number of hydrogen-bond acceptors (Lipinski definition) is 6. The number of likely N-dealkylation sites (tertiary alicyclic amines) is 1. The summed E-state index contributed by atoms with van der Waals surface area (Å²) < 4.78 is 31.2. The van der Waals surface area contributed by atoms with Crippen LogP contribution in [0.15, 0.2) is 0 Å². The predicted octanol–water partition coefficient (Wildman–Crippen LogP) is -0.510. The smallest absolute Gasteiger partial charge is 0.303 e. The molecule has 0 aliphatic carbocycles. The summed E-state index contributed by atoms with van der Waals surface area (Å²) >= 11 is 0. The number of carbonyl (C=O) groups is 4. The molecule has 3 N–H and O–H groups in total. The number of imide groups is 1. The average molecular weight is 351 g/mol. The number of rotatable bonds is 9. The molecule has 0 radical (unpaired) electrons. The van der Waals surface area contributed by atoms with E-state index in [9.17, 15) is 27.6 Å². The minimum atomic E-state index is -4.74. The van der Waals surface area contributed by atoms with Crippen molar-refractivity contribution in [3.8, 4) is 0 Å². The highest BCUT2D eigenvalue weighted by Crippen LogP contribution is 2.26. The Morgan fingerprint density at radius 1 is 1.13 bits per heavy atom. The fourth-order valence-corrected chi connectivity index (χ4v) is 3.14. The van der Waals surface area contributed by atoms with Crippen LogP contribution in [0.5, 0.6) is 0 Å². The molecule has 1 heterocycles. The Morgan fingerprint density at radius 3 is 2.13 bits per heavy atom. The van der Waals surface area contributed by atoms with Crippen LogP contribution in [0.2, 0.25) is 0 Å². The summed E-state index contributed by atoms with van der Waals surface area (Å²) in [4.78, 5) is 45.8. The highest BCUT2D eigenvalue weighted by molar-refractivity contribution is 7.87. The van der Waals surface area contributed by atoms with E-state index in [1.807, 2.05) is 0 Å². The fraction of sp³-hybridized carbons (Fsp3) is 0.667. The van der Waals surface area contributed by atoms with Crippen molar-refractivity contribution in [3.63, 3.8) is 0 Å². The Kier molecular flexibility index (Phi) is 6.21. The van der Waals surface area contributed by atoms with Crippen LogP contribution in [0.1, 0.15) is 38.5 Å². The van der Waals surface area contributed by atoms with Gasteiger partial charge in [0.1, 0.15) is 0 Å². The first kappa shape index (κ1) is 19.0. The van der Waals surface area contributed by atoms with Crippen molar-refractivity contribution in [2.45, 2.75) is 49.8 Å². The maximum Gasteiger partial charge on any atom is 0.303 e. The molecule has 0 aromatic rings. The Balaban J connectivity index is 2.91. The van der Waals surface area contributed by atoms with Gasteiger partial charge in [0, 0.05) is 18.9 Å². The number of nitrogens with zero attached hydrogens (tertiary/aromatic N) is 1. The van der Waals surface area contributed by atoms with Crippen molar-refractivity contribution in [2.75, 3.05) is 0 Å². The maximum atomic E-state index is 12.0. The molecule has 0 spiro atoms. The van der Waals surface area contributed by atoms with Crippen molar-refractivity contribution in [3.05, 3.63) is 0 Å². The number of hydrogen-bond donors (Lipinski definition) is 3. The summed E-state index contributed by atoms with van der Waals surface area (Å²) in [5.41, 5.74) is 0. The largest absolute Gasteiger partial charge is 0.481 e. The molecule has 0 bridgehead atoms. The van der Waals surface area contributed by atoms with Gasteiger partial charge in [0.15, 0.2) is 5.25 Å². The van der Waals surface area contributed by atoms with Crippen molar-refractivity contribution >= 4 is 33.9 Å². The molecule has 1 aliphatic rings. The molecule has 2 atom stereocenters. The van der Waals surface area contributed by atoms with Crippen LogP contribution in [0.3, 0.4) is 0 Å².